The van der Waals surface area contributed by atoms with Crippen LogP contribution < -0.4 is 0 Å². The van der Waals surface area contributed by atoms with Crippen LogP contribution in [0.15, 0.2) is 40.9 Å². The molecule has 0 amide bonds. The van der Waals surface area contributed by atoms with E-state index in [1.54, 1.807) is 7.11 Å². The van der Waals surface area contributed by atoms with E-state index >= 15 is 0 Å². The van der Waals surface area contributed by atoms with Crippen molar-refractivity contribution in [1.29, 1.82) is 0 Å². The Kier molecular flexibility index (Phi) is 14.8. The number of carbonyl (C=O) groups excluding carboxylic acids is 1. The van der Waals surface area contributed by atoms with Crippen molar-refractivity contribution < 1.29 is 14.3 Å². The van der Waals surface area contributed by atoms with Gasteiger partial charge in [0.05, 0.1) is 30.7 Å². The van der Waals surface area contributed by atoms with Crippen LogP contribution in [0.4, 0.5) is 0 Å². The normalized spacial score (nSPS) is 13.8. The SMILES string of the molecule is CCCCCCCCCCCCCCCOC(=O)c1c(C)[nH]c(/C=C2\N=C(c3ccc[nH]3)C=C2OC)c1C.Cl. The Morgan fingerprint density at radius 2 is 1.56 bits per heavy atom. The third-order valence-corrected chi connectivity index (χ3v) is 7.30. The molecule has 216 valence electrons. The molecule has 1 aliphatic rings. The number of nitrogens with one attached hydrogen (secondary N) is 2. The number of aliphatic imine (C=N–C) groups is 1. The number of esters is 1. The number of aryl methyl sites for hydroxylation is 1. The molecule has 0 spiro atoms. The first kappa shape index (κ1) is 32.5. The molecule has 0 aliphatic carbocycles. The lowest BCUT2D eigenvalue weighted by atomic mass is 10.0. The molecule has 0 fully saturated rings. The van der Waals surface area contributed by atoms with Gasteiger partial charge < -0.3 is 19.4 Å². The van der Waals surface area contributed by atoms with E-state index in [0.717, 1.165) is 41.2 Å². The van der Waals surface area contributed by atoms with Crippen molar-refractivity contribution in [3.05, 3.63) is 64.1 Å². The maximum Gasteiger partial charge on any atom is 0.340 e. The van der Waals surface area contributed by atoms with Gasteiger partial charge in [-0.15, -0.1) is 12.4 Å². The predicted octanol–water partition coefficient (Wildman–Crippen LogP) is 9.00. The number of hydrogen-bond acceptors (Lipinski definition) is 4. The molecule has 0 saturated heterocycles. The largest absolute Gasteiger partial charge is 0.494 e. The van der Waals surface area contributed by atoms with E-state index < -0.39 is 0 Å². The van der Waals surface area contributed by atoms with Crippen molar-refractivity contribution in [2.24, 2.45) is 4.99 Å². The van der Waals surface area contributed by atoms with Crippen LogP contribution >= 0.6 is 12.4 Å². The molecule has 3 rings (SSSR count). The number of aromatic amines is 2. The van der Waals surface area contributed by atoms with E-state index in [1.807, 2.05) is 44.3 Å². The number of unbranched alkanes of at least 4 members (excludes halogenated alkanes) is 12. The minimum absolute atomic E-state index is 0. The summed E-state index contributed by atoms with van der Waals surface area (Å²) >= 11 is 0. The van der Waals surface area contributed by atoms with Gasteiger partial charge in [-0.2, -0.15) is 0 Å². The van der Waals surface area contributed by atoms with Gasteiger partial charge >= 0.3 is 5.97 Å². The average Bonchev–Trinajstić information content (AvgIpc) is 3.64. The lowest BCUT2D eigenvalue weighted by Gasteiger charge is -2.06. The number of nitrogens with zero attached hydrogens (tertiary/aromatic N) is 1. The quantitative estimate of drug-likeness (QED) is 0.142. The molecule has 0 unspecified atom stereocenters. The van der Waals surface area contributed by atoms with Crippen LogP contribution in [0.25, 0.3) is 6.08 Å². The maximum atomic E-state index is 12.9. The van der Waals surface area contributed by atoms with Crippen LogP contribution in [-0.4, -0.2) is 35.4 Å². The Morgan fingerprint density at radius 3 is 2.13 bits per heavy atom. The van der Waals surface area contributed by atoms with Crippen LogP contribution in [0.2, 0.25) is 0 Å². The van der Waals surface area contributed by atoms with E-state index in [1.165, 1.54) is 70.6 Å². The van der Waals surface area contributed by atoms with Crippen molar-refractivity contribution in [3.63, 3.8) is 0 Å². The van der Waals surface area contributed by atoms with Gasteiger partial charge in [0.25, 0.3) is 0 Å². The molecule has 0 aromatic carbocycles. The third kappa shape index (κ3) is 10.1. The summed E-state index contributed by atoms with van der Waals surface area (Å²) in [4.78, 5) is 24.1. The lowest BCUT2D eigenvalue weighted by Crippen LogP contribution is -2.08. The zero-order valence-electron chi connectivity index (χ0n) is 24.4. The highest BCUT2D eigenvalue weighted by atomic mass is 35.5. The second-order valence-electron chi connectivity index (χ2n) is 10.4. The fourth-order valence-corrected chi connectivity index (χ4v) is 5.03. The molecule has 1 aliphatic heterocycles. The molecular weight excluding hydrogens is 510 g/mol. The Bertz CT molecular complexity index is 1100. The summed E-state index contributed by atoms with van der Waals surface area (Å²) in [5.74, 6) is 0.428. The topological polar surface area (TPSA) is 79.5 Å². The highest BCUT2D eigenvalue weighted by molar-refractivity contribution is 6.11. The third-order valence-electron chi connectivity index (χ3n) is 7.30. The van der Waals surface area contributed by atoms with Gasteiger partial charge in [-0.1, -0.05) is 84.0 Å². The summed E-state index contributed by atoms with van der Waals surface area (Å²) in [5, 5.41) is 0. The monoisotopic (exact) mass is 557 g/mol. The molecule has 0 saturated carbocycles. The predicted molar refractivity (Wildman–Crippen MR) is 164 cm³/mol. The molecular formula is C32H48ClN3O3. The van der Waals surface area contributed by atoms with E-state index in [-0.39, 0.29) is 18.4 Å². The summed E-state index contributed by atoms with van der Waals surface area (Å²) in [6.07, 6.45) is 22.6. The summed E-state index contributed by atoms with van der Waals surface area (Å²) in [5.41, 5.74) is 5.58. The molecule has 6 nitrogen and oxygen atoms in total. The maximum absolute atomic E-state index is 12.9. The van der Waals surface area contributed by atoms with Gasteiger partial charge in [0.1, 0.15) is 11.5 Å². The van der Waals surface area contributed by atoms with Crippen molar-refractivity contribution >= 4 is 30.2 Å². The molecule has 7 heteroatoms. The van der Waals surface area contributed by atoms with E-state index in [0.29, 0.717) is 23.6 Å². The van der Waals surface area contributed by atoms with Gasteiger partial charge in [0, 0.05) is 23.7 Å². The summed E-state index contributed by atoms with van der Waals surface area (Å²) in [7, 11) is 1.64. The Labute approximate surface area is 241 Å². The fraction of sp³-hybridized carbons (Fsp3) is 0.562. The Morgan fingerprint density at radius 1 is 0.949 bits per heavy atom. The molecule has 2 aromatic heterocycles. The zero-order valence-corrected chi connectivity index (χ0v) is 25.2. The number of methoxy groups -OCH3 is 1. The number of rotatable bonds is 18. The van der Waals surface area contributed by atoms with Crippen molar-refractivity contribution in [3.8, 4) is 0 Å². The molecule has 0 bridgehead atoms. The smallest absolute Gasteiger partial charge is 0.340 e. The van der Waals surface area contributed by atoms with Crippen molar-refractivity contribution in [1.82, 2.24) is 9.97 Å². The molecule has 0 atom stereocenters. The van der Waals surface area contributed by atoms with E-state index in [2.05, 4.69) is 16.9 Å². The molecule has 2 N–H and O–H groups in total. The number of ether oxygens (including phenoxy) is 2. The number of carbonyl (C=O) groups is 1. The highest BCUT2D eigenvalue weighted by Crippen LogP contribution is 2.27. The van der Waals surface area contributed by atoms with Crippen LogP contribution in [-0.2, 0) is 9.47 Å². The first-order valence-corrected chi connectivity index (χ1v) is 14.6. The number of H-pyrrole nitrogens is 2. The van der Waals surface area contributed by atoms with Crippen LogP contribution in [0.3, 0.4) is 0 Å². The summed E-state index contributed by atoms with van der Waals surface area (Å²) in [6, 6.07) is 3.91. The molecule has 2 aromatic rings. The van der Waals surface area contributed by atoms with Crippen LogP contribution in [0.1, 0.15) is 123 Å². The van der Waals surface area contributed by atoms with E-state index in [4.69, 9.17) is 14.5 Å². The van der Waals surface area contributed by atoms with E-state index in [9.17, 15) is 4.79 Å². The summed E-state index contributed by atoms with van der Waals surface area (Å²) < 4.78 is 11.2. The fourth-order valence-electron chi connectivity index (χ4n) is 5.03. The lowest BCUT2D eigenvalue weighted by molar-refractivity contribution is 0.0496. The summed E-state index contributed by atoms with van der Waals surface area (Å²) in [6.45, 7) is 6.59. The second-order valence-corrected chi connectivity index (χ2v) is 10.4. The Balaban J connectivity index is 0.00000533. The number of allylic oxidation sites excluding steroid dienone is 1. The Hall–Kier alpha value is -2.73. The van der Waals surface area contributed by atoms with Crippen molar-refractivity contribution in [2.75, 3.05) is 13.7 Å². The van der Waals surface area contributed by atoms with Gasteiger partial charge in [-0.3, -0.25) is 0 Å². The first-order valence-electron chi connectivity index (χ1n) is 14.6. The van der Waals surface area contributed by atoms with Crippen LogP contribution in [0, 0.1) is 13.8 Å². The van der Waals surface area contributed by atoms with Gasteiger partial charge in [0.2, 0.25) is 0 Å². The van der Waals surface area contributed by atoms with Gasteiger partial charge in [-0.05, 0) is 44.0 Å². The minimum Gasteiger partial charge on any atom is -0.494 e. The molecule has 0 radical (unpaired) electrons. The zero-order chi connectivity index (χ0) is 27.2. The van der Waals surface area contributed by atoms with Gasteiger partial charge in [-0.25, -0.2) is 9.79 Å². The number of hydrogen-bond donors (Lipinski definition) is 2. The molecule has 39 heavy (non-hydrogen) atoms. The number of aromatic nitrogens is 2. The standard InChI is InChI=1S/C32H47N3O3.ClH/c1-5-6-7-8-9-10-11-12-13-14-15-16-17-21-38-32(36)31-24(2)27(34-25(31)3)22-29-30(37-4)23-28(35-29)26-19-18-20-33-26;/h18-20,22-23,33-34H,5-17,21H2,1-4H3;1H/b29-22-;. The second kappa shape index (κ2) is 17.8. The molecule has 3 heterocycles. The van der Waals surface area contributed by atoms with Gasteiger partial charge in [0.15, 0.2) is 0 Å². The number of halogens is 1. The minimum atomic E-state index is -0.260. The van der Waals surface area contributed by atoms with Crippen LogP contribution in [0.5, 0.6) is 0 Å². The highest BCUT2D eigenvalue weighted by Gasteiger charge is 2.21. The van der Waals surface area contributed by atoms with Crippen molar-refractivity contribution in [2.45, 2.75) is 104 Å². The average molecular weight is 558 g/mol. The first-order chi connectivity index (χ1) is 18.5.